The standard InChI is InChI=1S/C13H27.C6H6O2S.C3H7.Ti/c1-3-5-7-9-11-13-12-10-8-6-4-2;7-9(8)6-4-2-1-3-5-6;1-3-2;/h1,3-13H2,2H3;1-5H,(H,7,8);3H,1-2H3;/q-1;;-1;+3/p-1. The Morgan fingerprint density at radius 3 is 1.58 bits per heavy atom. The molecule has 2 nitrogen and oxygen atoms in total. The Morgan fingerprint density at radius 1 is 0.885 bits per heavy atom. The van der Waals surface area contributed by atoms with Crippen LogP contribution in [0.25, 0.3) is 0 Å². The van der Waals surface area contributed by atoms with E-state index in [1.54, 1.807) is 30.3 Å². The van der Waals surface area contributed by atoms with Gasteiger partial charge in [0.25, 0.3) is 0 Å². The molecule has 0 saturated heterocycles. The largest absolute Gasteiger partial charge is 3.00 e. The fraction of sp³-hybridized carbons (Fsp3) is 0.636. The third-order valence-corrected chi connectivity index (χ3v) is 4.20. The molecule has 0 N–H and O–H groups in total. The van der Waals surface area contributed by atoms with E-state index in [1.165, 1.54) is 64.2 Å². The number of unbranched alkanes of at least 4 members (excludes halogenated alkanes) is 10. The van der Waals surface area contributed by atoms with E-state index in [9.17, 15) is 8.76 Å². The van der Waals surface area contributed by atoms with Gasteiger partial charge in [0.05, 0.1) is 0 Å². The molecular weight excluding hydrogens is 376 g/mol. The molecule has 0 saturated carbocycles. The van der Waals surface area contributed by atoms with Gasteiger partial charge < -0.3 is 17.9 Å². The Kier molecular flexibility index (Phi) is 32.3. The normalized spacial score (nSPS) is 10.5. The van der Waals surface area contributed by atoms with Crippen molar-refractivity contribution >= 4 is 11.1 Å². The van der Waals surface area contributed by atoms with Crippen LogP contribution in [0.2, 0.25) is 0 Å². The summed E-state index contributed by atoms with van der Waals surface area (Å²) in [6.07, 6.45) is 17.4. The summed E-state index contributed by atoms with van der Waals surface area (Å²) in [5, 5.41) is 0. The van der Waals surface area contributed by atoms with Gasteiger partial charge >= 0.3 is 21.7 Å². The molecule has 0 aliphatic heterocycles. The van der Waals surface area contributed by atoms with Crippen LogP contribution in [0.3, 0.4) is 0 Å². The molecule has 0 spiro atoms. The Bertz CT molecular complexity index is 362. The second-order valence-electron chi connectivity index (χ2n) is 6.16. The van der Waals surface area contributed by atoms with Crippen LogP contribution in [0.4, 0.5) is 0 Å². The number of hydrogen-bond acceptors (Lipinski definition) is 2. The molecule has 1 atom stereocenters. The zero-order valence-corrected chi connectivity index (χ0v) is 19.6. The van der Waals surface area contributed by atoms with Gasteiger partial charge in [-0.3, -0.25) is 4.21 Å². The maximum Gasteiger partial charge on any atom is 3.00 e. The molecule has 149 valence electrons. The van der Waals surface area contributed by atoms with E-state index in [4.69, 9.17) is 0 Å². The van der Waals surface area contributed by atoms with Crippen LogP contribution >= 0.6 is 0 Å². The second-order valence-corrected chi connectivity index (χ2v) is 7.10. The van der Waals surface area contributed by atoms with Crippen LogP contribution in [-0.4, -0.2) is 8.76 Å². The maximum absolute atomic E-state index is 10.2. The molecule has 0 aliphatic rings. The van der Waals surface area contributed by atoms with Crippen molar-refractivity contribution < 1.29 is 30.5 Å². The third kappa shape index (κ3) is 26.3. The van der Waals surface area contributed by atoms with E-state index in [-0.39, 0.29) is 21.7 Å². The van der Waals surface area contributed by atoms with Gasteiger partial charge in [-0.25, -0.2) is 0 Å². The van der Waals surface area contributed by atoms with Crippen molar-refractivity contribution in [2.45, 2.75) is 96.3 Å². The molecule has 26 heavy (non-hydrogen) atoms. The molecule has 1 aromatic rings. The molecule has 1 radical (unpaired) electrons. The Hall–Kier alpha value is 0.0443. The fourth-order valence-corrected chi connectivity index (χ4v) is 2.58. The van der Waals surface area contributed by atoms with Crippen molar-refractivity contribution in [3.63, 3.8) is 0 Å². The predicted octanol–water partition coefficient (Wildman–Crippen LogP) is 7.28. The summed E-state index contributed by atoms with van der Waals surface area (Å²) in [7, 11) is 0. The maximum atomic E-state index is 10.2. The topological polar surface area (TPSA) is 40.1 Å². The molecule has 1 aromatic carbocycles. The summed E-state index contributed by atoms with van der Waals surface area (Å²) < 4.78 is 20.4. The monoisotopic (exact) mass is 415 g/mol. The Morgan fingerprint density at radius 2 is 1.27 bits per heavy atom. The first kappa shape index (κ1) is 30.8. The average Bonchev–Trinajstić information content (AvgIpc) is 2.62. The zero-order valence-electron chi connectivity index (χ0n) is 17.2. The third-order valence-electron chi connectivity index (χ3n) is 3.54. The van der Waals surface area contributed by atoms with Crippen LogP contribution < -0.4 is 0 Å². The molecule has 1 rings (SSSR count). The quantitative estimate of drug-likeness (QED) is 0.165. The van der Waals surface area contributed by atoms with Crippen LogP contribution in [0.15, 0.2) is 35.2 Å². The second kappa shape index (κ2) is 27.3. The van der Waals surface area contributed by atoms with E-state index in [1.807, 2.05) is 20.3 Å². The zero-order chi connectivity index (χ0) is 19.2. The van der Waals surface area contributed by atoms with Crippen molar-refractivity contribution in [1.82, 2.24) is 0 Å². The molecule has 0 bridgehead atoms. The van der Waals surface area contributed by atoms with E-state index in [0.717, 1.165) is 6.42 Å². The molecule has 0 aliphatic carbocycles. The summed E-state index contributed by atoms with van der Waals surface area (Å²) in [6.45, 7) is 10.1. The summed E-state index contributed by atoms with van der Waals surface area (Å²) in [5.41, 5.74) is 0. The summed E-state index contributed by atoms with van der Waals surface area (Å²) >= 11 is -2.08. The van der Waals surface area contributed by atoms with E-state index < -0.39 is 11.1 Å². The predicted molar refractivity (Wildman–Crippen MR) is 111 cm³/mol. The van der Waals surface area contributed by atoms with Crippen LogP contribution in [0.5, 0.6) is 0 Å². The van der Waals surface area contributed by atoms with Crippen LogP contribution in [0.1, 0.15) is 91.4 Å². The first-order chi connectivity index (χ1) is 12.1. The minimum absolute atomic E-state index is 0. The van der Waals surface area contributed by atoms with Gasteiger partial charge in [-0.1, -0.05) is 89.3 Å². The summed E-state index contributed by atoms with van der Waals surface area (Å²) in [5.74, 6) is 0. The Labute approximate surface area is 181 Å². The molecule has 4 heteroatoms. The van der Waals surface area contributed by atoms with Gasteiger partial charge in [-0.15, -0.1) is 0 Å². The van der Waals surface area contributed by atoms with Crippen molar-refractivity contribution in [3.05, 3.63) is 43.7 Å². The molecule has 1 unspecified atom stereocenters. The number of benzene rings is 1. The van der Waals surface area contributed by atoms with E-state index >= 15 is 0 Å². The Balaban J connectivity index is -0.000000354. The smallest absolute Gasteiger partial charge is 0.768 e. The van der Waals surface area contributed by atoms with Gasteiger partial charge in [0.1, 0.15) is 0 Å². The van der Waals surface area contributed by atoms with Gasteiger partial charge in [0, 0.05) is 4.90 Å². The van der Waals surface area contributed by atoms with E-state index in [2.05, 4.69) is 13.8 Å². The summed E-state index contributed by atoms with van der Waals surface area (Å²) in [6, 6.07) is 8.23. The molecule has 0 fully saturated rings. The van der Waals surface area contributed by atoms with Gasteiger partial charge in [-0.2, -0.15) is 20.3 Å². The van der Waals surface area contributed by atoms with Crippen molar-refractivity contribution in [2.75, 3.05) is 0 Å². The molecule has 0 aromatic heterocycles. The minimum atomic E-state index is -2.08. The number of rotatable bonds is 11. The van der Waals surface area contributed by atoms with Crippen molar-refractivity contribution in [3.8, 4) is 0 Å². The van der Waals surface area contributed by atoms with Gasteiger partial charge in [-0.05, 0) is 23.2 Å². The van der Waals surface area contributed by atoms with Crippen LogP contribution in [-0.2, 0) is 32.8 Å². The SMILES string of the molecule is C[CH-]C.O=S([O-])c1ccccc1.[CH2-]CCCCCCCCCCCC.[Ti+3]. The van der Waals surface area contributed by atoms with Gasteiger partial charge in [0.2, 0.25) is 0 Å². The molecule has 0 heterocycles. The van der Waals surface area contributed by atoms with E-state index in [0.29, 0.717) is 4.90 Å². The first-order valence-corrected chi connectivity index (χ1v) is 10.9. The van der Waals surface area contributed by atoms with Crippen LogP contribution in [0, 0.1) is 13.3 Å². The average molecular weight is 415 g/mol. The molecule has 0 amide bonds. The van der Waals surface area contributed by atoms with Crippen molar-refractivity contribution in [2.24, 2.45) is 0 Å². The van der Waals surface area contributed by atoms with Crippen molar-refractivity contribution in [1.29, 1.82) is 0 Å². The number of hydrogen-bond donors (Lipinski definition) is 0. The molecular formula is C22H39O2STi. The minimum Gasteiger partial charge on any atom is -0.768 e. The fourth-order valence-electron chi connectivity index (χ4n) is 2.20. The first-order valence-electron chi connectivity index (χ1n) is 9.81. The van der Waals surface area contributed by atoms with Gasteiger partial charge in [0.15, 0.2) is 0 Å². The summed E-state index contributed by atoms with van der Waals surface area (Å²) in [4.78, 5) is 0.331.